The molecule has 5 heteroatoms. The van der Waals surface area contributed by atoms with Gasteiger partial charge in [-0.2, -0.15) is 0 Å². The van der Waals surface area contributed by atoms with E-state index < -0.39 is 0 Å². The number of benzene rings is 1. The second-order valence-corrected chi connectivity index (χ2v) is 11.1. The van der Waals surface area contributed by atoms with Crippen LogP contribution in [0.3, 0.4) is 0 Å². The van der Waals surface area contributed by atoms with Crippen molar-refractivity contribution in [1.29, 1.82) is 0 Å². The molecule has 0 spiro atoms. The lowest BCUT2D eigenvalue weighted by Crippen LogP contribution is -2.38. The summed E-state index contributed by atoms with van der Waals surface area (Å²) in [5, 5.41) is 1.31. The maximum Gasteiger partial charge on any atom is 0.224 e. The number of allylic oxidation sites excluding steroid dienone is 5. The molecule has 0 saturated carbocycles. The Morgan fingerprint density at radius 3 is 2.51 bits per heavy atom. The van der Waals surface area contributed by atoms with Gasteiger partial charge in [-0.25, -0.2) is 4.98 Å². The number of aromatic nitrogens is 3. The van der Waals surface area contributed by atoms with E-state index in [9.17, 15) is 4.79 Å². The number of piperidine rings is 1. The third-order valence-corrected chi connectivity index (χ3v) is 7.38. The summed E-state index contributed by atoms with van der Waals surface area (Å²) in [5.41, 5.74) is 8.62. The Kier molecular flexibility index (Phi) is 8.21. The first-order valence-corrected chi connectivity index (χ1v) is 13.6. The summed E-state index contributed by atoms with van der Waals surface area (Å²) >= 11 is 0. The number of nitrogens with one attached hydrogen (secondary N) is 1. The van der Waals surface area contributed by atoms with Gasteiger partial charge >= 0.3 is 0 Å². The summed E-state index contributed by atoms with van der Waals surface area (Å²) in [6.45, 7) is 19.3. The Bertz CT molecular complexity index is 1340. The molecular weight excluding hydrogens is 456 g/mol. The molecule has 5 nitrogen and oxygen atoms in total. The number of hydrogen-bond donors (Lipinski definition) is 1. The van der Waals surface area contributed by atoms with E-state index in [4.69, 9.17) is 0 Å². The molecule has 0 aliphatic carbocycles. The smallest absolute Gasteiger partial charge is 0.224 e. The number of likely N-dealkylation sites (tertiary alicyclic amines) is 1. The summed E-state index contributed by atoms with van der Waals surface area (Å²) in [6.07, 6.45) is 10.7. The van der Waals surface area contributed by atoms with Crippen molar-refractivity contribution >= 4 is 22.4 Å². The Labute approximate surface area is 222 Å². The largest absolute Gasteiger partial charge is 0.354 e. The van der Waals surface area contributed by atoms with Gasteiger partial charge in [0.15, 0.2) is 0 Å². The molecule has 1 saturated heterocycles. The van der Waals surface area contributed by atoms with E-state index in [1.54, 1.807) is 6.20 Å². The molecule has 3 heterocycles. The molecular formula is C32H42N4O. The molecule has 1 N–H and O–H groups in total. The van der Waals surface area contributed by atoms with E-state index in [0.717, 1.165) is 37.3 Å². The lowest BCUT2D eigenvalue weighted by molar-refractivity contribution is -0.132. The number of H-pyrrole nitrogens is 1. The first-order valence-electron chi connectivity index (χ1n) is 13.6. The van der Waals surface area contributed by atoms with Crippen molar-refractivity contribution in [3.05, 3.63) is 83.1 Å². The average molecular weight is 499 g/mol. The number of carbonyl (C=O) groups is 1. The molecule has 0 atom stereocenters. The van der Waals surface area contributed by atoms with Crippen molar-refractivity contribution in [2.45, 2.75) is 79.2 Å². The maximum absolute atomic E-state index is 12.8. The number of aryl methyl sites for hydroxylation is 2. The van der Waals surface area contributed by atoms with Crippen molar-refractivity contribution in [3.8, 4) is 0 Å². The zero-order valence-electron chi connectivity index (χ0n) is 23.4. The molecule has 3 aromatic rings. The third-order valence-electron chi connectivity index (χ3n) is 7.38. The van der Waals surface area contributed by atoms with Crippen LogP contribution in [0.25, 0.3) is 16.5 Å². The van der Waals surface area contributed by atoms with Gasteiger partial charge in [0, 0.05) is 55.0 Å². The average Bonchev–Trinajstić information content (AvgIpc) is 3.44. The van der Waals surface area contributed by atoms with Gasteiger partial charge < -0.3 is 14.5 Å². The lowest BCUT2D eigenvalue weighted by atomic mass is 9.87. The molecule has 0 bridgehead atoms. The van der Waals surface area contributed by atoms with Crippen LogP contribution in [0.15, 0.2) is 60.5 Å². The zero-order chi connectivity index (χ0) is 26.7. The number of hydrogen-bond acceptors (Lipinski definition) is 2. The van der Waals surface area contributed by atoms with Gasteiger partial charge in [-0.3, -0.25) is 4.79 Å². The second-order valence-electron chi connectivity index (χ2n) is 11.1. The quantitative estimate of drug-likeness (QED) is 0.327. The van der Waals surface area contributed by atoms with Crippen LogP contribution in [0, 0.1) is 6.92 Å². The minimum atomic E-state index is 0.246. The molecule has 196 valence electrons. The number of imidazole rings is 1. The highest BCUT2D eigenvalue weighted by molar-refractivity contribution is 5.92. The number of carbonyl (C=O) groups excluding carboxylic acids is 1. The third kappa shape index (κ3) is 6.15. The van der Waals surface area contributed by atoms with Gasteiger partial charge in [-0.1, -0.05) is 49.8 Å². The topological polar surface area (TPSA) is 53.9 Å². The van der Waals surface area contributed by atoms with Crippen LogP contribution in [-0.4, -0.2) is 38.4 Å². The Morgan fingerprint density at radius 2 is 1.92 bits per heavy atom. The minimum Gasteiger partial charge on any atom is -0.354 e. The molecule has 0 unspecified atom stereocenters. The van der Waals surface area contributed by atoms with Crippen molar-refractivity contribution in [2.75, 3.05) is 13.1 Å². The highest BCUT2D eigenvalue weighted by Crippen LogP contribution is 2.37. The predicted octanol–water partition coefficient (Wildman–Crippen LogP) is 7.52. The second kappa shape index (κ2) is 11.4. The summed E-state index contributed by atoms with van der Waals surface area (Å²) in [5.74, 6) is 2.07. The maximum atomic E-state index is 12.8. The molecule has 4 rings (SSSR count). The molecule has 1 aromatic carbocycles. The van der Waals surface area contributed by atoms with Crippen LogP contribution in [-0.2, 0) is 11.3 Å². The summed E-state index contributed by atoms with van der Waals surface area (Å²) in [6, 6.07) is 6.92. The minimum absolute atomic E-state index is 0.246. The fourth-order valence-electron chi connectivity index (χ4n) is 5.55. The Hall–Kier alpha value is -3.34. The molecule has 1 amide bonds. The molecule has 2 aromatic heterocycles. The highest BCUT2D eigenvalue weighted by atomic mass is 16.2. The zero-order valence-corrected chi connectivity index (χ0v) is 23.4. The van der Waals surface area contributed by atoms with Crippen LogP contribution in [0.5, 0.6) is 0 Å². The van der Waals surface area contributed by atoms with Crippen LogP contribution in [0.4, 0.5) is 0 Å². The van der Waals surface area contributed by atoms with E-state index in [1.807, 2.05) is 29.5 Å². The van der Waals surface area contributed by atoms with Crippen molar-refractivity contribution in [1.82, 2.24) is 19.4 Å². The first-order chi connectivity index (χ1) is 17.6. The van der Waals surface area contributed by atoms with E-state index in [1.165, 1.54) is 38.9 Å². The normalized spacial score (nSPS) is 15.0. The Morgan fingerprint density at radius 1 is 1.19 bits per heavy atom. The number of amides is 1. The summed E-state index contributed by atoms with van der Waals surface area (Å²) < 4.78 is 2.05. The number of aromatic amines is 1. The number of rotatable bonds is 8. The van der Waals surface area contributed by atoms with Crippen LogP contribution in [0.2, 0.25) is 0 Å². The first kappa shape index (κ1) is 26.7. The molecule has 0 radical (unpaired) electrons. The predicted molar refractivity (Wildman–Crippen MR) is 155 cm³/mol. The lowest BCUT2D eigenvalue weighted by Gasteiger charge is -2.32. The molecule has 1 fully saturated rings. The van der Waals surface area contributed by atoms with Gasteiger partial charge in [0.2, 0.25) is 5.91 Å². The standard InChI is InChI=1S/C32H42N4O/c1-21(2)18-27(19-22(3)4)32-31(23(5)6)28-20-26(8-9-29(28)34-32)25-10-14-36(15-11-25)30(37)12-16-35-17-13-33-24(35)7/h8-9,13,17-20,23,25,34H,1,10-12,14-16H2,2-7H3/b27-18+. The fourth-order valence-corrected chi connectivity index (χ4v) is 5.55. The molecule has 37 heavy (non-hydrogen) atoms. The number of nitrogens with zero attached hydrogens (tertiary/aromatic N) is 3. The van der Waals surface area contributed by atoms with Crippen molar-refractivity contribution < 1.29 is 4.79 Å². The van der Waals surface area contributed by atoms with Crippen molar-refractivity contribution in [2.24, 2.45) is 0 Å². The van der Waals surface area contributed by atoms with E-state index in [-0.39, 0.29) is 5.91 Å². The van der Waals surface area contributed by atoms with Crippen LogP contribution < -0.4 is 0 Å². The monoisotopic (exact) mass is 498 g/mol. The molecule has 1 aliphatic heterocycles. The number of fused-ring (bicyclic) bond motifs is 1. The van der Waals surface area contributed by atoms with Crippen molar-refractivity contribution in [3.63, 3.8) is 0 Å². The van der Waals surface area contributed by atoms with Crippen LogP contribution >= 0.6 is 0 Å². The SMILES string of the molecule is C=C(C)/C=C(\C=C(C)C)c1[nH]c2ccc(C3CCN(C(=O)CCn4ccnc4C)CC3)cc2c1C(C)C. The molecule has 1 aliphatic rings. The highest BCUT2D eigenvalue weighted by Gasteiger charge is 2.25. The summed E-state index contributed by atoms with van der Waals surface area (Å²) in [4.78, 5) is 22.9. The van der Waals surface area contributed by atoms with Gasteiger partial charge in [-0.15, -0.1) is 0 Å². The van der Waals surface area contributed by atoms with Gasteiger partial charge in [0.05, 0.1) is 0 Å². The van der Waals surface area contributed by atoms with Gasteiger partial charge in [-0.05, 0) is 81.2 Å². The fraction of sp³-hybridized carbons (Fsp3) is 0.438. The van der Waals surface area contributed by atoms with Gasteiger partial charge in [0.1, 0.15) is 5.82 Å². The Balaban J connectivity index is 1.52. The van der Waals surface area contributed by atoms with Crippen LogP contribution in [0.1, 0.15) is 88.4 Å². The van der Waals surface area contributed by atoms with E-state index >= 15 is 0 Å². The van der Waals surface area contributed by atoms with E-state index in [0.29, 0.717) is 24.8 Å². The summed E-state index contributed by atoms with van der Waals surface area (Å²) in [7, 11) is 0. The van der Waals surface area contributed by atoms with E-state index in [2.05, 4.69) is 74.6 Å². The van der Waals surface area contributed by atoms with Gasteiger partial charge in [0.25, 0.3) is 0 Å².